The van der Waals surface area contributed by atoms with E-state index in [1.807, 2.05) is 18.9 Å². The van der Waals surface area contributed by atoms with Crippen LogP contribution in [-0.2, 0) is 4.79 Å². The second kappa shape index (κ2) is 8.42. The van der Waals surface area contributed by atoms with Crippen LogP contribution >= 0.6 is 12.2 Å². The van der Waals surface area contributed by atoms with Crippen LogP contribution in [0, 0.1) is 11.8 Å². The van der Waals surface area contributed by atoms with Crippen molar-refractivity contribution in [2.45, 2.75) is 27.2 Å². The Balaban J connectivity index is 3.76. The minimum atomic E-state index is 0.0586. The smallest absolute Gasteiger partial charge is 0.234 e. The van der Waals surface area contributed by atoms with Gasteiger partial charge >= 0.3 is 0 Å². The fourth-order valence-corrected chi connectivity index (χ4v) is 1.50. The van der Waals surface area contributed by atoms with E-state index in [2.05, 4.69) is 19.2 Å². The number of rotatable bonds is 8. The molecule has 0 bridgehead atoms. The predicted molar refractivity (Wildman–Crippen MR) is 75.9 cm³/mol. The van der Waals surface area contributed by atoms with Crippen LogP contribution in [0.2, 0.25) is 0 Å². The molecule has 0 aliphatic rings. The molecule has 0 aromatic heterocycles. The first-order chi connectivity index (χ1) is 7.82. The molecule has 1 amide bonds. The molecule has 0 heterocycles. The fraction of sp³-hybridized carbons (Fsp3) is 0.833. The van der Waals surface area contributed by atoms with Gasteiger partial charge < -0.3 is 11.1 Å². The van der Waals surface area contributed by atoms with Crippen molar-refractivity contribution in [3.05, 3.63) is 0 Å². The Kier molecular flexibility index (Phi) is 8.08. The Labute approximate surface area is 110 Å². The lowest BCUT2D eigenvalue weighted by Crippen LogP contribution is -2.39. The molecule has 17 heavy (non-hydrogen) atoms. The molecule has 0 aliphatic carbocycles. The van der Waals surface area contributed by atoms with Crippen molar-refractivity contribution in [3.8, 4) is 0 Å². The average molecular weight is 259 g/mol. The standard InChI is InChI=1S/C12H25N3OS/c1-9(2)5-6-14-11(16)8-15(4)7-10(3)12(13)17/h9-10H,5-8H2,1-4H3,(H2,13,17)(H,14,16). The molecule has 4 nitrogen and oxygen atoms in total. The number of nitrogens with one attached hydrogen (secondary N) is 1. The Hall–Kier alpha value is -0.680. The molecular formula is C12H25N3OS. The zero-order chi connectivity index (χ0) is 13.4. The van der Waals surface area contributed by atoms with E-state index in [-0.39, 0.29) is 11.8 Å². The van der Waals surface area contributed by atoms with Gasteiger partial charge in [0.05, 0.1) is 11.5 Å². The van der Waals surface area contributed by atoms with Gasteiger partial charge in [-0.15, -0.1) is 0 Å². The summed E-state index contributed by atoms with van der Waals surface area (Å²) in [5.41, 5.74) is 5.53. The first-order valence-corrected chi connectivity index (χ1v) is 6.48. The van der Waals surface area contributed by atoms with Crippen LogP contribution in [0.1, 0.15) is 27.2 Å². The largest absolute Gasteiger partial charge is 0.393 e. The van der Waals surface area contributed by atoms with Crippen LogP contribution in [-0.4, -0.2) is 42.5 Å². The Morgan fingerprint density at radius 2 is 2.00 bits per heavy atom. The second-order valence-corrected chi connectivity index (χ2v) is 5.50. The van der Waals surface area contributed by atoms with Gasteiger partial charge in [0.25, 0.3) is 0 Å². The van der Waals surface area contributed by atoms with Gasteiger partial charge in [-0.25, -0.2) is 0 Å². The van der Waals surface area contributed by atoms with Gasteiger partial charge in [0.15, 0.2) is 0 Å². The average Bonchev–Trinajstić information content (AvgIpc) is 2.16. The number of carbonyl (C=O) groups is 1. The summed E-state index contributed by atoms with van der Waals surface area (Å²) in [5.74, 6) is 0.810. The Morgan fingerprint density at radius 1 is 1.41 bits per heavy atom. The topological polar surface area (TPSA) is 58.4 Å². The maximum absolute atomic E-state index is 11.6. The number of hydrogen-bond acceptors (Lipinski definition) is 3. The van der Waals surface area contributed by atoms with E-state index in [1.54, 1.807) is 0 Å². The van der Waals surface area contributed by atoms with Crippen LogP contribution in [0.15, 0.2) is 0 Å². The summed E-state index contributed by atoms with van der Waals surface area (Å²) in [4.78, 5) is 14.0. The van der Waals surface area contributed by atoms with Crippen molar-refractivity contribution in [1.82, 2.24) is 10.2 Å². The van der Waals surface area contributed by atoms with E-state index < -0.39 is 0 Å². The van der Waals surface area contributed by atoms with Gasteiger partial charge in [0.1, 0.15) is 0 Å². The number of carbonyl (C=O) groups excluding carboxylic acids is 1. The normalized spacial score (nSPS) is 12.8. The van der Waals surface area contributed by atoms with Gasteiger partial charge in [-0.1, -0.05) is 33.0 Å². The van der Waals surface area contributed by atoms with Crippen molar-refractivity contribution < 1.29 is 4.79 Å². The van der Waals surface area contributed by atoms with Crippen molar-refractivity contribution >= 4 is 23.1 Å². The quantitative estimate of drug-likeness (QED) is 0.639. The summed E-state index contributed by atoms with van der Waals surface area (Å²) in [6.45, 7) is 8.10. The summed E-state index contributed by atoms with van der Waals surface area (Å²) in [5, 5.41) is 2.90. The van der Waals surface area contributed by atoms with Crippen molar-refractivity contribution in [1.29, 1.82) is 0 Å². The lowest BCUT2D eigenvalue weighted by atomic mass is 10.1. The van der Waals surface area contributed by atoms with Gasteiger partial charge in [-0.3, -0.25) is 9.69 Å². The fourth-order valence-electron chi connectivity index (χ4n) is 1.42. The number of thiocarbonyl (C=S) groups is 1. The lowest BCUT2D eigenvalue weighted by Gasteiger charge is -2.20. The first kappa shape index (κ1) is 16.3. The third-order valence-electron chi connectivity index (χ3n) is 2.53. The minimum Gasteiger partial charge on any atom is -0.393 e. The summed E-state index contributed by atoms with van der Waals surface area (Å²) in [7, 11) is 1.90. The SMILES string of the molecule is CC(C)CCNC(=O)CN(C)CC(C)C(N)=S. The van der Waals surface area contributed by atoms with Gasteiger partial charge in [0.2, 0.25) is 5.91 Å². The molecular weight excluding hydrogens is 234 g/mol. The number of nitrogens with zero attached hydrogens (tertiary/aromatic N) is 1. The number of amides is 1. The summed E-state index contributed by atoms with van der Waals surface area (Å²) < 4.78 is 0. The zero-order valence-corrected chi connectivity index (χ0v) is 12.1. The van der Waals surface area contributed by atoms with Gasteiger partial charge in [0, 0.05) is 19.0 Å². The summed E-state index contributed by atoms with van der Waals surface area (Å²) in [6, 6.07) is 0. The van der Waals surface area contributed by atoms with Gasteiger partial charge in [-0.05, 0) is 19.4 Å². The van der Waals surface area contributed by atoms with Crippen molar-refractivity contribution in [2.75, 3.05) is 26.7 Å². The highest BCUT2D eigenvalue weighted by Gasteiger charge is 2.11. The Morgan fingerprint density at radius 3 is 2.47 bits per heavy atom. The Bertz CT molecular complexity index is 256. The van der Waals surface area contributed by atoms with E-state index in [4.69, 9.17) is 18.0 Å². The molecule has 1 atom stereocenters. The number of likely N-dealkylation sites (N-methyl/N-ethyl adjacent to an activating group) is 1. The van der Waals surface area contributed by atoms with Crippen LogP contribution in [0.5, 0.6) is 0 Å². The monoisotopic (exact) mass is 259 g/mol. The van der Waals surface area contributed by atoms with E-state index in [9.17, 15) is 4.79 Å². The highest BCUT2D eigenvalue weighted by atomic mass is 32.1. The van der Waals surface area contributed by atoms with E-state index in [0.717, 1.165) is 13.0 Å². The molecule has 0 aromatic carbocycles. The maximum atomic E-state index is 11.6. The van der Waals surface area contributed by atoms with Gasteiger partial charge in [-0.2, -0.15) is 0 Å². The summed E-state index contributed by atoms with van der Waals surface area (Å²) >= 11 is 4.90. The predicted octanol–water partition coefficient (Wildman–Crippen LogP) is 1.00. The van der Waals surface area contributed by atoms with E-state index >= 15 is 0 Å². The van der Waals surface area contributed by atoms with Crippen molar-refractivity contribution in [3.63, 3.8) is 0 Å². The minimum absolute atomic E-state index is 0.0586. The molecule has 100 valence electrons. The molecule has 0 fully saturated rings. The molecule has 0 spiro atoms. The van der Waals surface area contributed by atoms with E-state index in [1.165, 1.54) is 0 Å². The molecule has 0 saturated heterocycles. The molecule has 5 heteroatoms. The van der Waals surface area contributed by atoms with Crippen LogP contribution in [0.4, 0.5) is 0 Å². The molecule has 0 aliphatic heterocycles. The highest BCUT2D eigenvalue weighted by Crippen LogP contribution is 1.99. The second-order valence-electron chi connectivity index (χ2n) is 5.03. The van der Waals surface area contributed by atoms with Crippen LogP contribution in [0.3, 0.4) is 0 Å². The summed E-state index contributed by atoms with van der Waals surface area (Å²) in [6.07, 6.45) is 1.01. The molecule has 1 unspecified atom stereocenters. The van der Waals surface area contributed by atoms with E-state index in [0.29, 0.717) is 24.0 Å². The zero-order valence-electron chi connectivity index (χ0n) is 11.3. The third-order valence-corrected chi connectivity index (χ3v) is 2.93. The molecule has 0 aromatic rings. The molecule has 0 rings (SSSR count). The van der Waals surface area contributed by atoms with Crippen LogP contribution < -0.4 is 11.1 Å². The number of nitrogens with two attached hydrogens (primary N) is 1. The maximum Gasteiger partial charge on any atom is 0.234 e. The van der Waals surface area contributed by atoms with Crippen LogP contribution in [0.25, 0.3) is 0 Å². The molecule has 3 N–H and O–H groups in total. The lowest BCUT2D eigenvalue weighted by molar-refractivity contribution is -0.122. The highest BCUT2D eigenvalue weighted by molar-refractivity contribution is 7.80. The first-order valence-electron chi connectivity index (χ1n) is 6.07. The molecule has 0 saturated carbocycles. The molecule has 0 radical (unpaired) electrons. The van der Waals surface area contributed by atoms with Crippen molar-refractivity contribution in [2.24, 2.45) is 17.6 Å². The number of hydrogen-bond donors (Lipinski definition) is 2. The third kappa shape index (κ3) is 9.06.